The predicted octanol–water partition coefficient (Wildman–Crippen LogP) is 7.80. The second-order valence-corrected chi connectivity index (χ2v) is 18.5. The molecule has 0 aromatic carbocycles. The fraction of sp³-hybridized carbons (Fsp3) is 0.900. The summed E-state index contributed by atoms with van der Waals surface area (Å²) < 4.78 is 19.7. The highest BCUT2D eigenvalue weighted by Gasteiger charge is 2.72. The van der Waals surface area contributed by atoms with Crippen LogP contribution in [0.4, 0.5) is 0 Å². The minimum atomic E-state index is -0.635. The Balaban J connectivity index is 1.36. The lowest BCUT2D eigenvalue weighted by atomic mass is 9.34. The lowest BCUT2D eigenvalue weighted by Gasteiger charge is -2.71. The van der Waals surface area contributed by atoms with Crippen LogP contribution in [0.1, 0.15) is 126 Å². The first-order chi connectivity index (χ1) is 22.0. The van der Waals surface area contributed by atoms with Gasteiger partial charge in [-0.2, -0.15) is 0 Å². The minimum Gasteiger partial charge on any atom is -0.481 e. The Kier molecular flexibility index (Phi) is 9.34. The molecule has 3 N–H and O–H groups in total. The van der Waals surface area contributed by atoms with Gasteiger partial charge in [0.1, 0.15) is 12.2 Å². The third-order valence-electron chi connectivity index (χ3n) is 16.1. The molecule has 266 valence electrons. The van der Waals surface area contributed by atoms with E-state index in [1.165, 1.54) is 44.6 Å². The molecular weight excluding hydrogens is 590 g/mol. The first-order valence-corrected chi connectivity index (χ1v) is 19.1. The van der Waals surface area contributed by atoms with E-state index in [1.807, 2.05) is 0 Å². The summed E-state index contributed by atoms with van der Waals surface area (Å²) in [6, 6.07) is -0.0138. The van der Waals surface area contributed by atoms with Gasteiger partial charge < -0.3 is 25.1 Å². The van der Waals surface area contributed by atoms with Gasteiger partial charge in [-0.25, -0.2) is 0 Å². The van der Waals surface area contributed by atoms with Crippen LogP contribution in [0.25, 0.3) is 0 Å². The van der Waals surface area contributed by atoms with Gasteiger partial charge in [0.25, 0.3) is 0 Å². The molecule has 2 bridgehead atoms. The molecule has 1 aliphatic heterocycles. The number of hydrogen-bond donors (Lipinski definition) is 2. The molecule has 0 spiro atoms. The Morgan fingerprint density at radius 1 is 1.00 bits per heavy atom. The van der Waals surface area contributed by atoms with Crippen LogP contribution in [-0.2, 0) is 23.8 Å². The summed E-state index contributed by atoms with van der Waals surface area (Å²) in [4.78, 5) is 26.0. The number of carboxylic acids is 1. The van der Waals surface area contributed by atoms with Crippen LogP contribution in [0.5, 0.6) is 0 Å². The lowest BCUT2D eigenvalue weighted by molar-refractivity contribution is -0.267. The number of hydrogen-bond acceptors (Lipinski definition) is 6. The van der Waals surface area contributed by atoms with E-state index in [4.69, 9.17) is 19.9 Å². The number of carboxylic acid groups (broad SMARTS) is 1. The van der Waals surface area contributed by atoms with Crippen molar-refractivity contribution in [3.63, 3.8) is 0 Å². The van der Waals surface area contributed by atoms with Crippen LogP contribution >= 0.6 is 0 Å². The number of aliphatic carboxylic acids is 1. The molecule has 1 saturated heterocycles. The summed E-state index contributed by atoms with van der Waals surface area (Å²) in [5.41, 5.74) is 6.86. The van der Waals surface area contributed by atoms with Gasteiger partial charge in [-0.3, -0.25) is 9.59 Å². The number of carbonyl (C=O) groups excluding carboxylic acids is 1. The van der Waals surface area contributed by atoms with Crippen molar-refractivity contribution < 1.29 is 28.9 Å². The molecule has 7 nitrogen and oxygen atoms in total. The zero-order valence-electron chi connectivity index (χ0n) is 30.7. The van der Waals surface area contributed by atoms with Crippen LogP contribution in [0.15, 0.2) is 11.6 Å². The van der Waals surface area contributed by atoms with E-state index in [0.717, 1.165) is 32.1 Å². The summed E-state index contributed by atoms with van der Waals surface area (Å²) in [5.74, 6) is 0.515. The molecule has 4 saturated carbocycles. The maximum atomic E-state index is 13.4. The molecule has 5 fully saturated rings. The Hall–Kier alpha value is -1.44. The number of ether oxygens (including phenoxy) is 3. The van der Waals surface area contributed by atoms with E-state index in [0.29, 0.717) is 49.9 Å². The van der Waals surface area contributed by atoms with Crippen molar-refractivity contribution in [3.05, 3.63) is 11.6 Å². The maximum absolute atomic E-state index is 13.4. The Morgan fingerprint density at radius 3 is 2.34 bits per heavy atom. The van der Waals surface area contributed by atoms with E-state index in [-0.39, 0.29) is 57.2 Å². The lowest BCUT2D eigenvalue weighted by Crippen LogP contribution is -2.70. The van der Waals surface area contributed by atoms with Crippen molar-refractivity contribution in [3.8, 4) is 0 Å². The monoisotopic (exact) mass is 655 g/mol. The van der Waals surface area contributed by atoms with Crippen molar-refractivity contribution in [2.24, 2.45) is 68.3 Å². The van der Waals surface area contributed by atoms with Crippen molar-refractivity contribution >= 4 is 11.9 Å². The quantitative estimate of drug-likeness (QED) is 0.203. The molecule has 47 heavy (non-hydrogen) atoms. The standard InChI is InChI=1S/C40H65NO6/c1-24(2)25(3)36(5)18-19-38(7)28-14-15-32-37(6)22-45-23-40(32,29(28)16-17-39(38,8)33(36)35(43)44)20-31(47-26(4)42)34(37)46-21-30(41)27-12-10-9-11-13-27/h16,24-25,27-28,30-34H,9-15,17-23,41H2,1-8H3,(H,43,44)/t25-,28+,30?,31-,32+,33-,34+,36-,37-,38-,39+,40+/m1/s1. The zero-order chi connectivity index (χ0) is 34.2. The van der Waals surface area contributed by atoms with Gasteiger partial charge in [0.05, 0.1) is 25.7 Å². The van der Waals surface area contributed by atoms with Crippen molar-refractivity contribution in [1.29, 1.82) is 0 Å². The molecule has 6 rings (SSSR count). The van der Waals surface area contributed by atoms with Gasteiger partial charge in [-0.15, -0.1) is 0 Å². The molecule has 0 aromatic rings. The van der Waals surface area contributed by atoms with E-state index in [9.17, 15) is 14.7 Å². The average Bonchev–Trinajstić information content (AvgIpc) is 3.00. The molecule has 1 heterocycles. The van der Waals surface area contributed by atoms with E-state index in [1.54, 1.807) is 0 Å². The number of carbonyl (C=O) groups is 2. The van der Waals surface area contributed by atoms with Crippen LogP contribution in [0, 0.1) is 62.6 Å². The molecule has 6 aliphatic rings. The van der Waals surface area contributed by atoms with E-state index < -0.39 is 11.9 Å². The number of rotatable bonds is 8. The summed E-state index contributed by atoms with van der Waals surface area (Å²) in [5, 5.41) is 11.0. The Bertz CT molecular complexity index is 1240. The van der Waals surface area contributed by atoms with Crippen LogP contribution in [0.2, 0.25) is 0 Å². The fourth-order valence-corrected chi connectivity index (χ4v) is 13.1. The number of nitrogens with two attached hydrogens (primary N) is 1. The van der Waals surface area contributed by atoms with Crippen molar-refractivity contribution in [2.45, 2.75) is 144 Å². The predicted molar refractivity (Wildman–Crippen MR) is 183 cm³/mol. The maximum Gasteiger partial charge on any atom is 0.307 e. The molecule has 12 atom stereocenters. The summed E-state index contributed by atoms with van der Waals surface area (Å²) in [7, 11) is 0. The average molecular weight is 656 g/mol. The smallest absolute Gasteiger partial charge is 0.307 e. The van der Waals surface area contributed by atoms with Crippen molar-refractivity contribution in [2.75, 3.05) is 19.8 Å². The third kappa shape index (κ3) is 5.29. The van der Waals surface area contributed by atoms with Gasteiger partial charge >= 0.3 is 11.9 Å². The second-order valence-electron chi connectivity index (χ2n) is 18.5. The molecule has 0 radical (unpaired) electrons. The van der Waals surface area contributed by atoms with Gasteiger partial charge in [-0.1, -0.05) is 79.4 Å². The molecule has 1 unspecified atom stereocenters. The second kappa shape index (κ2) is 12.4. The van der Waals surface area contributed by atoms with Crippen molar-refractivity contribution in [1.82, 2.24) is 0 Å². The molecule has 0 aromatic heterocycles. The normalized spacial score (nSPS) is 46.3. The van der Waals surface area contributed by atoms with Crippen LogP contribution < -0.4 is 5.73 Å². The number of allylic oxidation sites excluding steroid dienone is 1. The first-order valence-electron chi connectivity index (χ1n) is 19.1. The van der Waals surface area contributed by atoms with Crippen LogP contribution in [0.3, 0.4) is 0 Å². The number of fused-ring (bicyclic) bond motifs is 3. The Labute approximate surface area is 284 Å². The Morgan fingerprint density at radius 2 is 1.70 bits per heavy atom. The summed E-state index contributed by atoms with van der Waals surface area (Å²) in [6.07, 6.45) is 13.4. The molecular formula is C40H65NO6. The largest absolute Gasteiger partial charge is 0.481 e. The SMILES string of the molecule is CC(=O)O[C@@H]1C[C@@]23COC[C@](C)([C@@H]2CC[C@H]2C3=CC[C@@]3(C)[C@H](C(=O)O)[C@@](C)([C@H](C)C(C)C)CC[C@]23C)[C@H]1OCC(N)C1CCCCC1. The van der Waals surface area contributed by atoms with E-state index in [2.05, 4.69) is 54.5 Å². The molecule has 0 amide bonds. The third-order valence-corrected chi connectivity index (χ3v) is 16.1. The fourth-order valence-electron chi connectivity index (χ4n) is 13.1. The topological polar surface area (TPSA) is 108 Å². The highest BCUT2D eigenvalue weighted by atomic mass is 16.6. The zero-order valence-corrected chi connectivity index (χ0v) is 30.7. The highest BCUT2D eigenvalue weighted by molar-refractivity contribution is 5.73. The van der Waals surface area contributed by atoms with Gasteiger partial charge in [0.15, 0.2) is 0 Å². The van der Waals surface area contributed by atoms with E-state index >= 15 is 0 Å². The number of esters is 1. The summed E-state index contributed by atoms with van der Waals surface area (Å²) in [6.45, 7) is 19.3. The minimum absolute atomic E-state index is 0.0138. The van der Waals surface area contributed by atoms with Crippen LogP contribution in [-0.4, -0.2) is 55.1 Å². The highest BCUT2D eigenvalue weighted by Crippen LogP contribution is 2.75. The first kappa shape index (κ1) is 35.4. The summed E-state index contributed by atoms with van der Waals surface area (Å²) >= 11 is 0. The van der Waals surface area contributed by atoms with Gasteiger partial charge in [0.2, 0.25) is 0 Å². The molecule has 5 aliphatic carbocycles. The van der Waals surface area contributed by atoms with Gasteiger partial charge in [0, 0.05) is 23.8 Å². The molecule has 7 heteroatoms. The van der Waals surface area contributed by atoms with Gasteiger partial charge in [-0.05, 0) is 97.2 Å².